The van der Waals surface area contributed by atoms with Gasteiger partial charge >= 0.3 is 5.97 Å². The minimum absolute atomic E-state index is 0. The first-order valence-electron chi connectivity index (χ1n) is 7.76. The molecule has 5 N–H and O–H groups in total. The van der Waals surface area contributed by atoms with Crippen LogP contribution in [0.2, 0.25) is 5.02 Å². The molecule has 0 aliphatic carbocycles. The lowest BCUT2D eigenvalue weighted by molar-refractivity contribution is 0.0690. The molecule has 3 aromatic heterocycles. The van der Waals surface area contributed by atoms with E-state index >= 15 is 0 Å². The lowest BCUT2D eigenvalue weighted by atomic mass is 10.0. The summed E-state index contributed by atoms with van der Waals surface area (Å²) in [4.78, 5) is 21.2. The van der Waals surface area contributed by atoms with Crippen LogP contribution in [-0.4, -0.2) is 39.1 Å². The van der Waals surface area contributed by atoms with E-state index in [0.29, 0.717) is 16.3 Å². The lowest BCUT2D eigenvalue weighted by Gasteiger charge is -2.07. The summed E-state index contributed by atoms with van der Waals surface area (Å²) in [6.07, 6.45) is 0. The predicted octanol–water partition coefficient (Wildman–Crippen LogP) is 3.53. The van der Waals surface area contributed by atoms with Gasteiger partial charge in [-0.1, -0.05) is 23.7 Å². The highest BCUT2D eigenvalue weighted by atomic mass is 35.5. The minimum atomic E-state index is -1.10. The van der Waals surface area contributed by atoms with E-state index < -0.39 is 5.97 Å². The van der Waals surface area contributed by atoms with Crippen molar-refractivity contribution in [3.05, 3.63) is 52.8 Å². The number of nitrogens with zero attached hydrogens (tertiary/aromatic N) is 2. The second kappa shape index (κ2) is 8.07. The molecule has 0 atom stereocenters. The Balaban J connectivity index is 0.00000140. The number of ether oxygens (including phenoxy) is 1. The fraction of sp³-hybridized carbons (Fsp3) is 0.105. The van der Waals surface area contributed by atoms with Crippen molar-refractivity contribution in [2.45, 2.75) is 6.92 Å². The van der Waals surface area contributed by atoms with Crippen LogP contribution >= 0.6 is 22.9 Å². The molecule has 0 unspecified atom stereocenters. The summed E-state index contributed by atoms with van der Waals surface area (Å²) in [5.74, 6) is -0.618. The molecule has 0 aliphatic heterocycles. The molecule has 28 heavy (non-hydrogen) atoms. The first kappa shape index (κ1) is 21.5. The number of benzene rings is 1. The van der Waals surface area contributed by atoms with Crippen LogP contribution in [0.15, 0.2) is 36.4 Å². The first-order valence-corrected chi connectivity index (χ1v) is 8.95. The number of carboxylic acids is 1. The third-order valence-electron chi connectivity index (χ3n) is 4.08. The van der Waals surface area contributed by atoms with Gasteiger partial charge in [-0.15, -0.1) is 11.3 Å². The van der Waals surface area contributed by atoms with Gasteiger partial charge in [0.1, 0.15) is 10.6 Å². The van der Waals surface area contributed by atoms with Crippen molar-refractivity contribution in [3.63, 3.8) is 0 Å². The molecular weight excluding hydrogens is 404 g/mol. The van der Waals surface area contributed by atoms with Crippen LogP contribution < -0.4 is 4.74 Å². The molecule has 0 spiro atoms. The third kappa shape index (κ3) is 3.50. The number of aromatic nitrogens is 2. The van der Waals surface area contributed by atoms with Crippen molar-refractivity contribution in [2.24, 2.45) is 0 Å². The van der Waals surface area contributed by atoms with Gasteiger partial charge in [0, 0.05) is 22.2 Å². The molecule has 4 rings (SSSR count). The number of aromatic carboxylic acids is 1. The topological polar surface area (TPSA) is 135 Å². The summed E-state index contributed by atoms with van der Waals surface area (Å²) in [6.45, 7) is 1.93. The number of methoxy groups -OCH3 is 1. The number of hydrogen-bond donors (Lipinski definition) is 1. The zero-order chi connectivity index (χ0) is 18.4. The minimum Gasteiger partial charge on any atom is -0.495 e. The number of thiophene rings is 1. The van der Waals surface area contributed by atoms with Gasteiger partial charge in [0.15, 0.2) is 5.69 Å². The summed E-state index contributed by atoms with van der Waals surface area (Å²) in [6, 6.07) is 10.9. The van der Waals surface area contributed by atoms with Crippen molar-refractivity contribution in [1.82, 2.24) is 9.97 Å². The maximum atomic E-state index is 11.5. The second-order valence-electron chi connectivity index (χ2n) is 5.79. The Morgan fingerprint density at radius 1 is 1.14 bits per heavy atom. The van der Waals surface area contributed by atoms with Crippen LogP contribution in [0.3, 0.4) is 0 Å². The molecule has 1 aromatic carbocycles. The summed E-state index contributed by atoms with van der Waals surface area (Å²) in [5.41, 5.74) is 3.29. The smallest absolute Gasteiger partial charge is 0.354 e. The van der Waals surface area contributed by atoms with Crippen LogP contribution in [0, 0.1) is 6.92 Å². The summed E-state index contributed by atoms with van der Waals surface area (Å²) in [5, 5.41) is 10.9. The molecule has 0 aliphatic rings. The Morgan fingerprint density at radius 3 is 2.43 bits per heavy atom. The summed E-state index contributed by atoms with van der Waals surface area (Å²) < 4.78 is 6.18. The van der Waals surface area contributed by atoms with E-state index in [0.717, 1.165) is 31.7 Å². The molecule has 9 heteroatoms. The monoisotopic (exact) mass is 420 g/mol. The molecule has 0 fully saturated rings. The van der Waals surface area contributed by atoms with E-state index in [2.05, 4.69) is 9.97 Å². The normalized spacial score (nSPS) is 10.4. The highest BCUT2D eigenvalue weighted by Gasteiger charge is 2.20. The second-order valence-corrected chi connectivity index (χ2v) is 7.23. The van der Waals surface area contributed by atoms with Gasteiger partial charge in [-0.3, -0.25) is 0 Å². The Bertz CT molecular complexity index is 1170. The van der Waals surface area contributed by atoms with Gasteiger partial charge in [0.05, 0.1) is 17.3 Å². The van der Waals surface area contributed by atoms with Crippen molar-refractivity contribution in [3.8, 4) is 16.9 Å². The van der Waals surface area contributed by atoms with E-state index in [4.69, 9.17) is 16.3 Å². The maximum absolute atomic E-state index is 11.5. The van der Waals surface area contributed by atoms with E-state index in [-0.39, 0.29) is 16.6 Å². The van der Waals surface area contributed by atoms with E-state index in [1.807, 2.05) is 37.3 Å². The van der Waals surface area contributed by atoms with Gasteiger partial charge in [-0.25, -0.2) is 14.8 Å². The summed E-state index contributed by atoms with van der Waals surface area (Å²) >= 11 is 7.46. The maximum Gasteiger partial charge on any atom is 0.354 e. The van der Waals surface area contributed by atoms with Crippen LogP contribution in [0.1, 0.15) is 16.2 Å². The van der Waals surface area contributed by atoms with Gasteiger partial charge in [0.25, 0.3) is 0 Å². The molecular formula is C19H17ClN2O5S. The van der Waals surface area contributed by atoms with Crippen molar-refractivity contribution in [2.75, 3.05) is 7.11 Å². The first-order chi connectivity index (χ1) is 12.5. The molecule has 4 aromatic rings. The zero-order valence-corrected chi connectivity index (χ0v) is 16.5. The van der Waals surface area contributed by atoms with E-state index in [1.54, 1.807) is 0 Å². The zero-order valence-electron chi connectivity index (χ0n) is 14.9. The molecule has 0 radical (unpaired) electrons. The lowest BCUT2D eigenvalue weighted by Crippen LogP contribution is -2.01. The number of rotatable bonds is 3. The Kier molecular flexibility index (Phi) is 6.20. The Labute approximate surface area is 168 Å². The van der Waals surface area contributed by atoms with Gasteiger partial charge in [-0.2, -0.15) is 0 Å². The van der Waals surface area contributed by atoms with Crippen LogP contribution in [0.25, 0.3) is 31.6 Å². The van der Waals surface area contributed by atoms with Gasteiger partial charge < -0.3 is 20.8 Å². The van der Waals surface area contributed by atoms with Crippen molar-refractivity contribution in [1.29, 1.82) is 0 Å². The molecule has 146 valence electrons. The van der Waals surface area contributed by atoms with Crippen LogP contribution in [0.4, 0.5) is 0 Å². The SMILES string of the molecule is COc1cc(C(=O)O)nc2c1sc1nc(C)cc(-c3ccc(Cl)cc3)c12.O.O. The molecule has 0 saturated carbocycles. The van der Waals surface area contributed by atoms with Crippen LogP contribution in [0.5, 0.6) is 5.75 Å². The summed E-state index contributed by atoms with van der Waals surface area (Å²) in [7, 11) is 1.52. The highest BCUT2D eigenvalue weighted by molar-refractivity contribution is 7.25. The number of hydrogen-bond acceptors (Lipinski definition) is 5. The number of halogens is 1. The standard InChI is InChI=1S/C19H13ClN2O3S.2H2O/c1-9-7-12(10-3-5-11(20)6-4-10)15-16-17(26-18(15)21-9)14(25-2)8-13(22-16)19(23)24;;/h3-8H,1-2H3,(H,23,24);2*1H2. The number of carboxylic acid groups (broad SMARTS) is 1. The average Bonchev–Trinajstić information content (AvgIpc) is 2.98. The fourth-order valence-corrected chi connectivity index (χ4v) is 4.25. The van der Waals surface area contributed by atoms with Crippen molar-refractivity contribution < 1.29 is 25.6 Å². The van der Waals surface area contributed by atoms with Gasteiger partial charge in [-0.05, 0) is 36.2 Å². The predicted molar refractivity (Wildman–Crippen MR) is 111 cm³/mol. The number of aryl methyl sites for hydroxylation is 1. The molecule has 0 amide bonds. The Hall–Kier alpha value is -2.78. The number of pyridine rings is 2. The quantitative estimate of drug-likeness (QED) is 0.540. The molecule has 3 heterocycles. The molecule has 0 bridgehead atoms. The Morgan fingerprint density at radius 2 is 1.82 bits per heavy atom. The largest absolute Gasteiger partial charge is 0.495 e. The molecule has 7 nitrogen and oxygen atoms in total. The number of fused-ring (bicyclic) bond motifs is 3. The van der Waals surface area contributed by atoms with Crippen molar-refractivity contribution >= 4 is 49.3 Å². The van der Waals surface area contributed by atoms with Gasteiger partial charge in [0.2, 0.25) is 0 Å². The van der Waals surface area contributed by atoms with E-state index in [9.17, 15) is 9.90 Å². The highest BCUT2D eigenvalue weighted by Crippen LogP contribution is 2.42. The molecule has 0 saturated heterocycles. The number of carbonyl (C=O) groups is 1. The third-order valence-corrected chi connectivity index (χ3v) is 5.42. The van der Waals surface area contributed by atoms with Crippen LogP contribution in [-0.2, 0) is 0 Å². The average molecular weight is 421 g/mol. The van der Waals surface area contributed by atoms with E-state index in [1.165, 1.54) is 24.5 Å². The fourth-order valence-electron chi connectivity index (χ4n) is 2.94.